The molecule has 0 amide bonds. The van der Waals surface area contributed by atoms with Gasteiger partial charge in [-0.1, -0.05) is 52.3 Å². The van der Waals surface area contributed by atoms with Gasteiger partial charge in [0, 0.05) is 36.7 Å². The highest BCUT2D eigenvalue weighted by atomic mass is 16.3. The van der Waals surface area contributed by atoms with Crippen molar-refractivity contribution in [3.05, 3.63) is 35.5 Å². The average molecular weight is 397 g/mol. The number of para-hydroxylation sites is 1. The van der Waals surface area contributed by atoms with Crippen LogP contribution in [0.3, 0.4) is 0 Å². The topological polar surface area (TPSA) is 28.4 Å². The van der Waals surface area contributed by atoms with Crippen LogP contribution < -0.4 is 0 Å². The molecule has 0 spiro atoms. The van der Waals surface area contributed by atoms with E-state index in [9.17, 15) is 5.11 Å². The molecule has 1 aromatic heterocycles. The molecule has 0 radical (unpaired) electrons. The molecule has 29 heavy (non-hydrogen) atoms. The molecule has 2 aliphatic heterocycles. The Balaban J connectivity index is 0.000000994. The van der Waals surface area contributed by atoms with E-state index in [-0.39, 0.29) is 11.6 Å². The Morgan fingerprint density at radius 3 is 2.69 bits per heavy atom. The summed E-state index contributed by atoms with van der Waals surface area (Å²) in [5, 5.41) is 12.0. The van der Waals surface area contributed by atoms with Crippen molar-refractivity contribution < 1.29 is 5.11 Å². The molecule has 3 heterocycles. The summed E-state index contributed by atoms with van der Waals surface area (Å²) in [5.41, 5.74) is 4.73. The molecular formula is C26H40N2O. The minimum absolute atomic E-state index is 0.105. The number of aliphatic hydroxyl groups excluding tert-OH is 1. The van der Waals surface area contributed by atoms with Crippen molar-refractivity contribution >= 4 is 10.9 Å². The summed E-state index contributed by atoms with van der Waals surface area (Å²) in [7, 11) is 2.29. The van der Waals surface area contributed by atoms with Crippen LogP contribution in [0.25, 0.3) is 10.9 Å². The first-order chi connectivity index (χ1) is 14.1. The van der Waals surface area contributed by atoms with Gasteiger partial charge >= 0.3 is 0 Å². The van der Waals surface area contributed by atoms with Crippen molar-refractivity contribution in [2.45, 2.75) is 77.9 Å². The van der Waals surface area contributed by atoms with Crippen molar-refractivity contribution in [2.75, 3.05) is 13.1 Å². The third kappa shape index (κ3) is 3.08. The van der Waals surface area contributed by atoms with Gasteiger partial charge in [0.05, 0.1) is 11.6 Å². The minimum Gasteiger partial charge on any atom is -0.393 e. The van der Waals surface area contributed by atoms with Crippen LogP contribution in [0.5, 0.6) is 0 Å². The van der Waals surface area contributed by atoms with Crippen molar-refractivity contribution in [1.82, 2.24) is 9.47 Å². The monoisotopic (exact) mass is 396 g/mol. The van der Waals surface area contributed by atoms with Gasteiger partial charge in [-0.2, -0.15) is 0 Å². The number of nitrogens with zero attached hydrogens (tertiary/aromatic N) is 2. The summed E-state index contributed by atoms with van der Waals surface area (Å²) >= 11 is 0. The lowest BCUT2D eigenvalue weighted by Gasteiger charge is -2.58. The van der Waals surface area contributed by atoms with Crippen LogP contribution in [-0.4, -0.2) is 33.8 Å². The molecule has 5 rings (SSSR count). The van der Waals surface area contributed by atoms with Crippen LogP contribution in [-0.2, 0) is 19.0 Å². The van der Waals surface area contributed by atoms with Gasteiger partial charge in [0.25, 0.3) is 0 Å². The summed E-state index contributed by atoms with van der Waals surface area (Å²) in [5.74, 6) is 1.85. The van der Waals surface area contributed by atoms with Crippen LogP contribution in [0.2, 0.25) is 0 Å². The van der Waals surface area contributed by atoms with E-state index in [0.717, 1.165) is 12.3 Å². The molecule has 3 unspecified atom stereocenters. The van der Waals surface area contributed by atoms with Gasteiger partial charge in [-0.3, -0.25) is 4.90 Å². The van der Waals surface area contributed by atoms with Gasteiger partial charge in [0.15, 0.2) is 0 Å². The smallest absolute Gasteiger partial charge is 0.0619 e. The maximum absolute atomic E-state index is 10.6. The van der Waals surface area contributed by atoms with Crippen LogP contribution in [0, 0.1) is 17.8 Å². The molecule has 1 saturated heterocycles. The zero-order chi connectivity index (χ0) is 20.8. The lowest BCUT2D eigenvalue weighted by atomic mass is 9.60. The number of rotatable bonds is 2. The van der Waals surface area contributed by atoms with E-state index < -0.39 is 0 Å². The van der Waals surface area contributed by atoms with Crippen molar-refractivity contribution in [1.29, 1.82) is 0 Å². The number of fused-ring (bicyclic) bond motifs is 6. The number of piperidine rings is 1. The highest BCUT2D eigenvalue weighted by molar-refractivity contribution is 5.86. The Bertz CT molecular complexity index is 856. The molecule has 1 saturated carbocycles. The van der Waals surface area contributed by atoms with Crippen LogP contribution in [0.1, 0.15) is 71.1 Å². The molecule has 5 atom stereocenters. The average Bonchev–Trinajstić information content (AvgIpc) is 3.05. The van der Waals surface area contributed by atoms with Gasteiger partial charge in [0.2, 0.25) is 0 Å². The largest absolute Gasteiger partial charge is 0.393 e. The minimum atomic E-state index is -0.105. The van der Waals surface area contributed by atoms with E-state index in [0.29, 0.717) is 11.8 Å². The molecule has 1 aliphatic carbocycles. The second kappa shape index (κ2) is 8.07. The Kier molecular flexibility index (Phi) is 5.83. The van der Waals surface area contributed by atoms with Crippen LogP contribution in [0.15, 0.2) is 24.3 Å². The second-order valence-corrected chi connectivity index (χ2v) is 9.51. The maximum Gasteiger partial charge on any atom is 0.0619 e. The molecule has 0 bridgehead atoms. The summed E-state index contributed by atoms with van der Waals surface area (Å²) in [6.07, 6.45) is 6.94. The van der Waals surface area contributed by atoms with E-state index in [4.69, 9.17) is 0 Å². The summed E-state index contributed by atoms with van der Waals surface area (Å²) < 4.78 is 2.51. The number of hydrogen-bond donors (Lipinski definition) is 1. The number of benzene rings is 1. The number of aryl methyl sites for hydroxylation is 1. The number of hydrogen-bond acceptors (Lipinski definition) is 2. The quantitative estimate of drug-likeness (QED) is 0.727. The first kappa shape index (κ1) is 20.9. The van der Waals surface area contributed by atoms with Crippen molar-refractivity contribution in [2.24, 2.45) is 24.8 Å². The zero-order valence-corrected chi connectivity index (χ0v) is 19.1. The van der Waals surface area contributed by atoms with Crippen molar-refractivity contribution in [3.8, 4) is 0 Å². The Hall–Kier alpha value is -1.32. The molecule has 2 aromatic rings. The fraction of sp³-hybridized carbons (Fsp3) is 0.692. The van der Waals surface area contributed by atoms with E-state index in [1.54, 1.807) is 11.3 Å². The maximum atomic E-state index is 10.6. The summed E-state index contributed by atoms with van der Waals surface area (Å²) in [6.45, 7) is 11.1. The number of aromatic nitrogens is 1. The summed E-state index contributed by atoms with van der Waals surface area (Å²) in [4.78, 5) is 2.85. The normalized spacial score (nSPS) is 34.0. The highest BCUT2D eigenvalue weighted by Crippen LogP contribution is 2.54. The van der Waals surface area contributed by atoms with Gasteiger partial charge < -0.3 is 9.67 Å². The van der Waals surface area contributed by atoms with Crippen LogP contribution >= 0.6 is 0 Å². The number of aliphatic hydroxyl groups is 1. The third-order valence-electron chi connectivity index (χ3n) is 8.30. The van der Waals surface area contributed by atoms with Crippen LogP contribution in [0.4, 0.5) is 0 Å². The van der Waals surface area contributed by atoms with Gasteiger partial charge in [0.1, 0.15) is 0 Å². The zero-order valence-electron chi connectivity index (χ0n) is 19.1. The van der Waals surface area contributed by atoms with E-state index >= 15 is 0 Å². The Morgan fingerprint density at radius 2 is 1.93 bits per heavy atom. The van der Waals surface area contributed by atoms with E-state index in [1.165, 1.54) is 56.1 Å². The molecule has 3 aliphatic rings. The van der Waals surface area contributed by atoms with E-state index in [2.05, 4.69) is 54.6 Å². The Labute approximate surface area is 177 Å². The molecule has 1 aromatic carbocycles. The molecular weight excluding hydrogens is 356 g/mol. The standard InChI is InChI=1S/C24H34N2O.C2H6/c1-4-12-24-14-20-16(2)22(27)10-9-17(20)15-26(24)13-11-19-18-7-5-6-8-21(18)25(3)23(19)24;1-2/h5-8,16-17,20,22,27H,4,9-15H2,1-3H3;1-2H3/t16-,17?,20?,22?,24+;/m1./s1. The first-order valence-electron chi connectivity index (χ1n) is 12.1. The molecule has 160 valence electrons. The lowest BCUT2D eigenvalue weighted by Crippen LogP contribution is -2.60. The van der Waals surface area contributed by atoms with Crippen molar-refractivity contribution in [3.63, 3.8) is 0 Å². The van der Waals surface area contributed by atoms with Gasteiger partial charge in [-0.15, -0.1) is 0 Å². The Morgan fingerprint density at radius 1 is 1.17 bits per heavy atom. The predicted octanol–water partition coefficient (Wildman–Crippen LogP) is 5.48. The third-order valence-corrected chi connectivity index (χ3v) is 8.30. The fourth-order valence-electron chi connectivity index (χ4n) is 7.04. The summed E-state index contributed by atoms with van der Waals surface area (Å²) in [6, 6.07) is 8.98. The van der Waals surface area contributed by atoms with Gasteiger partial charge in [-0.25, -0.2) is 0 Å². The molecule has 2 fully saturated rings. The SMILES string of the molecule is CC.CCC[C@@]12CC3C(CCC(O)[C@@H]3C)CN1CCc1c2n(C)c2ccccc12. The highest BCUT2D eigenvalue weighted by Gasteiger charge is 2.53. The van der Waals surface area contributed by atoms with E-state index in [1.807, 2.05) is 13.8 Å². The second-order valence-electron chi connectivity index (χ2n) is 9.51. The van der Waals surface area contributed by atoms with Gasteiger partial charge in [-0.05, 0) is 61.5 Å². The fourth-order valence-corrected chi connectivity index (χ4v) is 7.04. The predicted molar refractivity (Wildman–Crippen MR) is 122 cm³/mol. The first-order valence-corrected chi connectivity index (χ1v) is 12.1. The lowest BCUT2D eigenvalue weighted by molar-refractivity contribution is -0.0938. The molecule has 3 nitrogen and oxygen atoms in total. The molecule has 1 N–H and O–H groups in total. The molecule has 3 heteroatoms.